The summed E-state index contributed by atoms with van der Waals surface area (Å²) in [6.45, 7) is 6.40. The van der Waals surface area contributed by atoms with Gasteiger partial charge in [-0.25, -0.2) is 9.59 Å². The summed E-state index contributed by atoms with van der Waals surface area (Å²) in [6.07, 6.45) is -0.390. The van der Waals surface area contributed by atoms with Gasteiger partial charge in [-0.2, -0.15) is 0 Å². The normalized spacial score (nSPS) is 12.3. The molecule has 12 heavy (non-hydrogen) atoms. The van der Waals surface area contributed by atoms with Crippen LogP contribution in [0.3, 0.4) is 0 Å². The van der Waals surface area contributed by atoms with E-state index in [2.05, 4.69) is 11.3 Å². The monoisotopic (exact) mass is 172 g/mol. The van der Waals surface area contributed by atoms with Crippen molar-refractivity contribution in [2.75, 3.05) is 0 Å². The summed E-state index contributed by atoms with van der Waals surface area (Å²) in [4.78, 5) is 21.3. The molecule has 0 saturated carbocycles. The highest BCUT2D eigenvalue weighted by molar-refractivity contribution is 5.93. The van der Waals surface area contributed by atoms with E-state index in [1.807, 2.05) is 0 Å². The van der Waals surface area contributed by atoms with Crippen LogP contribution in [0.25, 0.3) is 0 Å². The van der Waals surface area contributed by atoms with E-state index < -0.39 is 18.0 Å². The van der Waals surface area contributed by atoms with Gasteiger partial charge in [-0.3, -0.25) is 0 Å². The topological polar surface area (TPSA) is 63.6 Å². The molecule has 0 radical (unpaired) electrons. The minimum absolute atomic E-state index is 0.268. The number of aliphatic hydroxyl groups is 1. The lowest BCUT2D eigenvalue weighted by Gasteiger charge is -2.10. The van der Waals surface area contributed by atoms with E-state index >= 15 is 0 Å². The van der Waals surface area contributed by atoms with Crippen LogP contribution in [-0.4, -0.2) is 23.1 Å². The van der Waals surface area contributed by atoms with Crippen LogP contribution in [0, 0.1) is 5.92 Å². The Morgan fingerprint density at radius 3 is 2.33 bits per heavy atom. The summed E-state index contributed by atoms with van der Waals surface area (Å²) >= 11 is 0. The molecule has 0 aliphatic heterocycles. The summed E-state index contributed by atoms with van der Waals surface area (Å²) < 4.78 is 4.18. The molecule has 0 fully saturated rings. The van der Waals surface area contributed by atoms with Gasteiger partial charge in [-0.15, -0.1) is 0 Å². The third-order valence-corrected chi connectivity index (χ3v) is 1.24. The van der Waals surface area contributed by atoms with Crippen LogP contribution in [0.2, 0.25) is 0 Å². The highest BCUT2D eigenvalue weighted by Gasteiger charge is 2.21. The Morgan fingerprint density at radius 2 is 2.00 bits per heavy atom. The molecular formula is C8H12O4. The Kier molecular flexibility index (Phi) is 4.21. The summed E-state index contributed by atoms with van der Waals surface area (Å²) in [7, 11) is 0. The van der Waals surface area contributed by atoms with Gasteiger partial charge in [0.15, 0.2) is 6.10 Å². The minimum Gasteiger partial charge on any atom is -0.388 e. The van der Waals surface area contributed by atoms with Gasteiger partial charge in [0.1, 0.15) is 0 Å². The van der Waals surface area contributed by atoms with Crippen LogP contribution >= 0.6 is 0 Å². The fourth-order valence-corrected chi connectivity index (χ4v) is 0.473. The highest BCUT2D eigenvalue weighted by atomic mass is 16.6. The highest BCUT2D eigenvalue weighted by Crippen LogP contribution is 2.02. The number of aliphatic hydroxyl groups excluding tert-OH is 1. The first-order chi connectivity index (χ1) is 5.49. The SMILES string of the molecule is C=CC(=O)OC(=O)C(O)C(C)C. The van der Waals surface area contributed by atoms with Crippen molar-refractivity contribution in [3.05, 3.63) is 12.7 Å². The van der Waals surface area contributed by atoms with Gasteiger partial charge in [0.25, 0.3) is 0 Å². The van der Waals surface area contributed by atoms with Gasteiger partial charge < -0.3 is 9.84 Å². The maximum Gasteiger partial charge on any atom is 0.343 e. The lowest BCUT2D eigenvalue weighted by Crippen LogP contribution is -2.29. The second-order valence-corrected chi connectivity index (χ2v) is 2.63. The van der Waals surface area contributed by atoms with E-state index in [9.17, 15) is 9.59 Å². The molecule has 0 heterocycles. The van der Waals surface area contributed by atoms with Crippen molar-refractivity contribution in [3.63, 3.8) is 0 Å². The fraction of sp³-hybridized carbons (Fsp3) is 0.500. The summed E-state index contributed by atoms with van der Waals surface area (Å²) in [5.74, 6) is -2.05. The van der Waals surface area contributed by atoms with Gasteiger partial charge >= 0.3 is 11.9 Å². The number of rotatable bonds is 3. The summed E-state index contributed by atoms with van der Waals surface area (Å²) in [6, 6.07) is 0. The second kappa shape index (κ2) is 4.66. The van der Waals surface area contributed by atoms with Crippen LogP contribution in [0.5, 0.6) is 0 Å². The van der Waals surface area contributed by atoms with Crippen LogP contribution in [0.4, 0.5) is 0 Å². The molecule has 0 aliphatic rings. The molecule has 4 nitrogen and oxygen atoms in total. The number of carbonyl (C=O) groups excluding carboxylic acids is 2. The third kappa shape index (κ3) is 3.30. The number of hydrogen-bond donors (Lipinski definition) is 1. The fourth-order valence-electron chi connectivity index (χ4n) is 0.473. The van der Waals surface area contributed by atoms with Crippen LogP contribution < -0.4 is 0 Å². The molecule has 4 heteroatoms. The standard InChI is InChI=1S/C8H12O4/c1-4-6(9)12-8(11)7(10)5(2)3/h4-5,7,10H,1H2,2-3H3. The number of ether oxygens (including phenoxy) is 1. The molecule has 0 aromatic rings. The van der Waals surface area contributed by atoms with Crippen LogP contribution in [0.15, 0.2) is 12.7 Å². The summed E-state index contributed by atoms with van der Waals surface area (Å²) in [5.41, 5.74) is 0. The lowest BCUT2D eigenvalue weighted by atomic mass is 10.1. The molecule has 0 rings (SSSR count). The molecule has 0 saturated heterocycles. The molecule has 1 atom stereocenters. The quantitative estimate of drug-likeness (QED) is 0.377. The second-order valence-electron chi connectivity index (χ2n) is 2.63. The predicted molar refractivity (Wildman–Crippen MR) is 42.1 cm³/mol. The Hall–Kier alpha value is -1.16. The van der Waals surface area contributed by atoms with Crippen molar-refractivity contribution >= 4 is 11.9 Å². The molecule has 1 N–H and O–H groups in total. The van der Waals surface area contributed by atoms with Crippen molar-refractivity contribution in [2.45, 2.75) is 20.0 Å². The maximum atomic E-state index is 10.8. The van der Waals surface area contributed by atoms with Crippen molar-refractivity contribution in [1.29, 1.82) is 0 Å². The Morgan fingerprint density at radius 1 is 1.50 bits per heavy atom. The van der Waals surface area contributed by atoms with E-state index in [0.717, 1.165) is 6.08 Å². The van der Waals surface area contributed by atoms with Crippen molar-refractivity contribution in [3.8, 4) is 0 Å². The molecule has 1 unspecified atom stereocenters. The first-order valence-electron chi connectivity index (χ1n) is 3.55. The zero-order valence-corrected chi connectivity index (χ0v) is 7.11. The van der Waals surface area contributed by atoms with E-state index in [-0.39, 0.29) is 5.92 Å². The predicted octanol–water partition coefficient (Wildman–Crippen LogP) is 0.259. The average molecular weight is 172 g/mol. The molecule has 0 aliphatic carbocycles. The molecule has 68 valence electrons. The van der Waals surface area contributed by atoms with Crippen molar-refractivity contribution in [1.82, 2.24) is 0 Å². The first kappa shape index (κ1) is 10.8. The Balaban J connectivity index is 4.04. The number of carbonyl (C=O) groups is 2. The van der Waals surface area contributed by atoms with Crippen molar-refractivity contribution < 1.29 is 19.4 Å². The van der Waals surface area contributed by atoms with E-state index in [1.165, 1.54) is 0 Å². The van der Waals surface area contributed by atoms with Crippen molar-refractivity contribution in [2.24, 2.45) is 5.92 Å². The van der Waals surface area contributed by atoms with Gasteiger partial charge in [0, 0.05) is 6.08 Å². The molecule has 0 aromatic heterocycles. The van der Waals surface area contributed by atoms with Gasteiger partial charge in [-0.1, -0.05) is 20.4 Å². The molecule has 0 bridgehead atoms. The van der Waals surface area contributed by atoms with Crippen LogP contribution in [-0.2, 0) is 14.3 Å². The molecule has 0 amide bonds. The number of hydrogen-bond acceptors (Lipinski definition) is 4. The van der Waals surface area contributed by atoms with Gasteiger partial charge in [0.2, 0.25) is 0 Å². The van der Waals surface area contributed by atoms with Gasteiger partial charge in [0.05, 0.1) is 0 Å². The van der Waals surface area contributed by atoms with Gasteiger partial charge in [-0.05, 0) is 5.92 Å². The number of esters is 2. The van der Waals surface area contributed by atoms with Crippen LogP contribution in [0.1, 0.15) is 13.8 Å². The summed E-state index contributed by atoms with van der Waals surface area (Å²) in [5, 5.41) is 9.08. The Bertz CT molecular complexity index is 195. The zero-order chi connectivity index (χ0) is 9.72. The smallest absolute Gasteiger partial charge is 0.343 e. The zero-order valence-electron chi connectivity index (χ0n) is 7.11. The minimum atomic E-state index is -1.26. The first-order valence-corrected chi connectivity index (χ1v) is 3.55. The molecular weight excluding hydrogens is 160 g/mol. The lowest BCUT2D eigenvalue weighted by molar-refractivity contribution is -0.164. The maximum absolute atomic E-state index is 10.8. The molecule has 0 spiro atoms. The van der Waals surface area contributed by atoms with E-state index in [1.54, 1.807) is 13.8 Å². The average Bonchev–Trinajstić information content (AvgIpc) is 2.02. The van der Waals surface area contributed by atoms with E-state index in [4.69, 9.17) is 5.11 Å². The largest absolute Gasteiger partial charge is 0.388 e. The molecule has 0 aromatic carbocycles. The third-order valence-electron chi connectivity index (χ3n) is 1.24. The Labute approximate surface area is 70.8 Å². The van der Waals surface area contributed by atoms with E-state index in [0.29, 0.717) is 0 Å².